The van der Waals surface area contributed by atoms with Gasteiger partial charge >= 0.3 is 17.9 Å². The maximum atomic E-state index is 14.4. The molecule has 0 spiro atoms. The summed E-state index contributed by atoms with van der Waals surface area (Å²) in [5.41, 5.74) is 0. The van der Waals surface area contributed by atoms with E-state index in [1.165, 1.54) is 38.5 Å². The quantitative estimate of drug-likeness (QED) is 0.0253. The van der Waals surface area contributed by atoms with Crippen LogP contribution in [0.3, 0.4) is 0 Å². The lowest BCUT2D eigenvalue weighted by molar-refractivity contribution is -0.404. The molecule has 130 heavy (non-hydrogen) atoms. The minimum absolute atomic E-state index is 0.105. The molecule has 46 nitrogen and oxygen atoms in total. The molecule has 3 unspecified atom stereocenters. The van der Waals surface area contributed by atoms with Gasteiger partial charge in [0.2, 0.25) is 23.6 Å². The number of aliphatic carboxylic acids is 3. The lowest BCUT2D eigenvalue weighted by Crippen LogP contribution is -2.72. The smallest absolute Gasteiger partial charge is 0.364 e. The molecule has 4 amide bonds. The molecular weight excluding hydrogens is 1740 g/mol. The molecule has 6 rings (SSSR count). The Kier molecular flexibility index (Phi) is 48.2. The number of hydrogen-bond acceptors (Lipinski definition) is 39. The average Bonchev–Trinajstić information content (AvgIpc) is 0.739. The summed E-state index contributed by atoms with van der Waals surface area (Å²) in [5, 5.41) is 261. The lowest BCUT2D eigenvalue weighted by Gasteiger charge is -2.53. The summed E-state index contributed by atoms with van der Waals surface area (Å²) in [5.74, 6) is -23.5. The molecule has 6 aliphatic heterocycles. The first-order valence-corrected chi connectivity index (χ1v) is 45.4. The number of carboxylic acid groups (broad SMARTS) is 3. The van der Waals surface area contributed by atoms with E-state index in [-0.39, 0.29) is 12.8 Å². The summed E-state index contributed by atoms with van der Waals surface area (Å²) in [6, 6.07) is -7.19. The van der Waals surface area contributed by atoms with E-state index in [9.17, 15) is 151 Å². The van der Waals surface area contributed by atoms with Gasteiger partial charge in [0.15, 0.2) is 18.9 Å². The first-order chi connectivity index (χ1) is 61.6. The zero-order chi connectivity index (χ0) is 96.7. The molecule has 6 aliphatic rings. The van der Waals surface area contributed by atoms with Gasteiger partial charge in [-0.3, -0.25) is 19.2 Å². The van der Waals surface area contributed by atoms with E-state index < -0.39 is 332 Å². The lowest BCUT2D eigenvalue weighted by atomic mass is 9.86. The first kappa shape index (κ1) is 113. The second-order valence-electron chi connectivity index (χ2n) is 35.0. The van der Waals surface area contributed by atoms with Crippen molar-refractivity contribution in [2.45, 2.75) is 428 Å². The summed E-state index contributed by atoms with van der Waals surface area (Å²) in [7, 11) is 0. The largest absolute Gasteiger partial charge is 0.477 e. The van der Waals surface area contributed by atoms with E-state index in [1.54, 1.807) is 0 Å². The maximum Gasteiger partial charge on any atom is 0.364 e. The number of hydrogen-bond donors (Lipinski definition) is 26. The first-order valence-electron chi connectivity index (χ1n) is 45.4. The number of carbonyl (C=O) groups excluding carboxylic acids is 5. The minimum Gasteiger partial charge on any atom is -0.477 e. The van der Waals surface area contributed by atoms with Crippen molar-refractivity contribution in [3.63, 3.8) is 0 Å². The van der Waals surface area contributed by atoms with Crippen LogP contribution in [0, 0.1) is 5.92 Å². The third kappa shape index (κ3) is 31.4. The SMILES string of the molecule is CCCCCCCCCCCCCCC[C@@H](O)[C@H](CO[C@@H]1O[C@H](CO)[C@@H](O[C@@H]2O[C@H](CO)[C@H](O[C@@H]3O[C@H](CO)[C@H](O)[C@H](O)[C@H]3CC(C)=O)[C@H](O[C@]3(C(=O)O)C[C@H](O)[C@@H](NC(C)=O)C([C@H](O)[C@@H](CO)O[C@]4(C(=O)O)C[C@H](O)[C@@H](NC(C)=O)C([C@H](O)[C@@H](CO)O[C@]5(C(=O)O)C[C@H](O)[C@@H](NC(C)=O)C([C@H](O)[C@H](O)CO)O5)O4)O3)[C@H]2O)[C@H](O)[C@H]1O)NC(=O)CCCCCCCCCCC. The molecule has 46 heteroatoms. The number of amides is 4. The van der Waals surface area contributed by atoms with Gasteiger partial charge in [0.1, 0.15) is 122 Å². The molecule has 754 valence electrons. The van der Waals surface area contributed by atoms with Crippen molar-refractivity contribution in [3.8, 4) is 0 Å². The Balaban J connectivity index is 1.34. The van der Waals surface area contributed by atoms with Crippen molar-refractivity contribution in [2.75, 3.05) is 46.2 Å². The van der Waals surface area contributed by atoms with Crippen LogP contribution in [0.2, 0.25) is 0 Å². The molecule has 0 radical (unpaired) electrons. The predicted molar refractivity (Wildman–Crippen MR) is 442 cm³/mol. The number of nitrogens with one attached hydrogen (secondary N) is 4. The highest BCUT2D eigenvalue weighted by Crippen LogP contribution is 2.45. The standard InChI is InChI=1S/C84H146N4O42/c1-7-9-11-13-15-17-18-19-20-22-23-25-27-29-48(99)47(88-58(104)30-28-26-24-21-16-14-12-10-8-2)41-119-77-68(111)67(110)70(56(39-93)121-77)123-78-69(112)75(71(57(40-94)122-78)124-76-46(31-42(3)95)62(105)64(107)53(36-90)120-76)130-84(81(117)118)34-51(102)61(87-45(6)98)74(129-84)66(109)55(38-92)126-83(80(115)116)33-50(101)60(86-44(5)97)73(128-83)65(108)54(37-91)125-82(79(113)114)32-49(100)59(85-43(4)96)72(127-82)63(106)52(103)35-89/h46-57,59-78,89-94,99-103,105-112H,7-41H2,1-6H3,(H,85,96)(H,86,97)(H,87,98)(H,88,104)(H,113,114)(H,115,116)(H,117,118)/t46-,47+,48-,49+,50+,51+,52-,53-,54-,55-,56-,57-,59-,60-,61-,62-,63-,64+,65-,66-,67-,68-,69-,70-,71+,72?,73?,74?,75-,76+,77-,78+,82-,83-,84+/m1/s1. The zero-order valence-electron chi connectivity index (χ0n) is 74.7. The highest BCUT2D eigenvalue weighted by molar-refractivity contribution is 5.79. The Hall–Kier alpha value is -5.28. The van der Waals surface area contributed by atoms with Crippen molar-refractivity contribution in [1.29, 1.82) is 0 Å². The number of carbonyl (C=O) groups is 8. The Morgan fingerprint density at radius 1 is 0.408 bits per heavy atom. The van der Waals surface area contributed by atoms with Gasteiger partial charge in [0.05, 0.1) is 101 Å². The van der Waals surface area contributed by atoms with Gasteiger partial charge in [-0.25, -0.2) is 14.4 Å². The Morgan fingerprint density at radius 2 is 0.792 bits per heavy atom. The van der Waals surface area contributed by atoms with Gasteiger partial charge < -0.3 is 195 Å². The van der Waals surface area contributed by atoms with Gasteiger partial charge in [-0.15, -0.1) is 0 Å². The van der Waals surface area contributed by atoms with Crippen molar-refractivity contribution in [3.05, 3.63) is 0 Å². The third-order valence-corrected chi connectivity index (χ3v) is 24.6. The van der Waals surface area contributed by atoms with E-state index in [1.807, 2.05) is 0 Å². The predicted octanol–water partition coefficient (Wildman–Crippen LogP) is -5.55. The van der Waals surface area contributed by atoms with Crippen LogP contribution in [-0.4, -0.2) is 413 Å². The van der Waals surface area contributed by atoms with E-state index in [0.29, 0.717) is 12.8 Å². The van der Waals surface area contributed by atoms with Crippen LogP contribution in [0.25, 0.3) is 0 Å². The number of aliphatic hydroxyl groups excluding tert-OH is 19. The number of Topliss-reactive ketones (excluding diaryl/α,β-unsaturated/α-hetero) is 1. The van der Waals surface area contributed by atoms with Crippen LogP contribution in [0.4, 0.5) is 0 Å². The maximum absolute atomic E-state index is 14.4. The summed E-state index contributed by atoms with van der Waals surface area (Å²) in [6.45, 7) is -0.594. The summed E-state index contributed by atoms with van der Waals surface area (Å²) in [4.78, 5) is 106. The number of carboxylic acids is 3. The zero-order valence-corrected chi connectivity index (χ0v) is 74.7. The van der Waals surface area contributed by atoms with Crippen molar-refractivity contribution in [2.24, 2.45) is 5.92 Å². The fraction of sp³-hybridized carbons (Fsp3) is 0.905. The van der Waals surface area contributed by atoms with E-state index >= 15 is 0 Å². The second kappa shape index (κ2) is 55.2. The fourth-order valence-electron chi connectivity index (χ4n) is 17.5. The number of rotatable bonds is 59. The second-order valence-corrected chi connectivity index (χ2v) is 35.0. The highest BCUT2D eigenvalue weighted by atomic mass is 16.8. The topological polar surface area (TPSA) is 741 Å². The molecule has 0 saturated carbocycles. The van der Waals surface area contributed by atoms with Gasteiger partial charge in [-0.1, -0.05) is 149 Å². The molecule has 0 aromatic rings. The molecule has 0 bridgehead atoms. The average molecular weight is 1880 g/mol. The van der Waals surface area contributed by atoms with E-state index in [4.69, 9.17) is 56.8 Å². The van der Waals surface area contributed by atoms with Gasteiger partial charge in [0, 0.05) is 58.8 Å². The normalized spacial score (nSPS) is 35.0. The van der Waals surface area contributed by atoms with E-state index in [0.717, 1.165) is 118 Å². The molecule has 6 saturated heterocycles. The Bertz CT molecular complexity index is 3400. The van der Waals surface area contributed by atoms with Crippen molar-refractivity contribution < 1.29 is 208 Å². The van der Waals surface area contributed by atoms with Crippen LogP contribution >= 0.6 is 0 Å². The monoisotopic (exact) mass is 1880 g/mol. The Labute approximate surface area is 753 Å². The van der Waals surface area contributed by atoms with Gasteiger partial charge in [-0.2, -0.15) is 0 Å². The van der Waals surface area contributed by atoms with Gasteiger partial charge in [-0.05, 0) is 19.8 Å². The van der Waals surface area contributed by atoms with Crippen LogP contribution in [-0.2, 0) is 95.2 Å². The fourth-order valence-corrected chi connectivity index (χ4v) is 17.5. The van der Waals surface area contributed by atoms with Crippen LogP contribution in [0.5, 0.6) is 0 Å². The number of aliphatic hydroxyl groups is 19. The molecule has 0 aromatic carbocycles. The molecule has 0 aromatic heterocycles. The van der Waals surface area contributed by atoms with Crippen LogP contribution in [0.1, 0.15) is 221 Å². The van der Waals surface area contributed by atoms with Crippen LogP contribution < -0.4 is 21.3 Å². The van der Waals surface area contributed by atoms with Gasteiger partial charge in [0.25, 0.3) is 17.4 Å². The number of unbranched alkanes of at least 4 members (excludes halogenated alkanes) is 20. The third-order valence-electron chi connectivity index (χ3n) is 24.6. The molecule has 26 N–H and O–H groups in total. The Morgan fingerprint density at radius 3 is 1.20 bits per heavy atom. The number of ketones is 1. The minimum atomic E-state index is -3.70. The molecular formula is C84H146N4O42. The summed E-state index contributed by atoms with van der Waals surface area (Å²) in [6.07, 6.45) is -43.4. The molecule has 0 aliphatic carbocycles. The molecule has 35 atom stereocenters. The summed E-state index contributed by atoms with van der Waals surface area (Å²) >= 11 is 0. The summed E-state index contributed by atoms with van der Waals surface area (Å²) < 4.78 is 71.9. The van der Waals surface area contributed by atoms with Crippen LogP contribution in [0.15, 0.2) is 0 Å². The molecule has 6 heterocycles. The molecule has 6 fully saturated rings. The van der Waals surface area contributed by atoms with Crippen molar-refractivity contribution in [1.82, 2.24) is 21.3 Å². The van der Waals surface area contributed by atoms with Crippen molar-refractivity contribution >= 4 is 47.3 Å². The number of ether oxygens (including phenoxy) is 12. The van der Waals surface area contributed by atoms with E-state index in [2.05, 4.69) is 35.1 Å². The highest BCUT2D eigenvalue weighted by Gasteiger charge is 2.65.